The van der Waals surface area contributed by atoms with Crippen LogP contribution in [0.2, 0.25) is 0 Å². The van der Waals surface area contributed by atoms with E-state index in [2.05, 4.69) is 15.5 Å². The van der Waals surface area contributed by atoms with Crippen molar-refractivity contribution in [3.05, 3.63) is 66.1 Å². The number of rotatable bonds is 8. The zero-order valence-corrected chi connectivity index (χ0v) is 17.6. The number of hydrogen-bond acceptors (Lipinski definition) is 8. The third-order valence-electron chi connectivity index (χ3n) is 4.16. The molecule has 158 valence electrons. The highest BCUT2D eigenvalue weighted by molar-refractivity contribution is 7.91. The highest BCUT2D eigenvalue weighted by atomic mass is 32.2. The first-order valence-corrected chi connectivity index (χ1v) is 12.2. The number of aromatic nitrogens is 2. The Balaban J connectivity index is 1.61. The van der Waals surface area contributed by atoms with Gasteiger partial charge in [-0.05, 0) is 29.8 Å². The van der Waals surface area contributed by atoms with E-state index < -0.39 is 31.3 Å². The molecule has 0 saturated heterocycles. The van der Waals surface area contributed by atoms with Gasteiger partial charge in [-0.1, -0.05) is 42.4 Å². The van der Waals surface area contributed by atoms with E-state index in [-0.39, 0.29) is 33.9 Å². The summed E-state index contributed by atoms with van der Waals surface area (Å²) in [6.45, 7) is 1.56. The first-order valence-electron chi connectivity index (χ1n) is 8.91. The van der Waals surface area contributed by atoms with Crippen molar-refractivity contribution in [2.24, 2.45) is 0 Å². The Bertz CT molecular complexity index is 1230. The van der Waals surface area contributed by atoms with Crippen LogP contribution in [-0.4, -0.2) is 38.7 Å². The van der Waals surface area contributed by atoms with E-state index in [1.165, 1.54) is 24.3 Å². The Kier molecular flexibility index (Phi) is 6.32. The Hall–Kier alpha value is -3.05. The third kappa shape index (κ3) is 5.30. The molecule has 0 fully saturated rings. The lowest BCUT2D eigenvalue weighted by Crippen LogP contribution is -2.14. The monoisotopic (exact) mass is 449 g/mol. The maximum absolute atomic E-state index is 12.3. The molecule has 0 aliphatic heterocycles. The fourth-order valence-corrected chi connectivity index (χ4v) is 4.63. The summed E-state index contributed by atoms with van der Waals surface area (Å²) in [5.41, 5.74) is 0.592. The van der Waals surface area contributed by atoms with Gasteiger partial charge in [0.1, 0.15) is 5.75 Å². The zero-order valence-electron chi connectivity index (χ0n) is 16.0. The standard InChI is InChI=1S/C19H19N3O6S2/c1-2-29(24,25)16-10-8-14(9-11-16)12-17(23)20-19-22-21-18(28-19)13-30(26,27)15-6-4-3-5-7-15/h3-11H,2,12-13H2,1H3,(H,20,22,23). The number of benzene rings is 2. The van der Waals surface area contributed by atoms with Gasteiger partial charge < -0.3 is 4.42 Å². The Morgan fingerprint density at radius 1 is 0.900 bits per heavy atom. The van der Waals surface area contributed by atoms with E-state index in [0.717, 1.165) is 0 Å². The van der Waals surface area contributed by atoms with E-state index in [1.807, 2.05) is 0 Å². The Morgan fingerprint density at radius 2 is 1.53 bits per heavy atom. The minimum atomic E-state index is -3.65. The maximum atomic E-state index is 12.3. The lowest BCUT2D eigenvalue weighted by molar-refractivity contribution is -0.115. The number of sulfone groups is 2. The summed E-state index contributed by atoms with van der Waals surface area (Å²) in [5, 5.41) is 9.70. The van der Waals surface area contributed by atoms with Crippen molar-refractivity contribution < 1.29 is 26.0 Å². The minimum Gasteiger partial charge on any atom is -0.407 e. The average Bonchev–Trinajstić information content (AvgIpc) is 3.14. The summed E-state index contributed by atoms with van der Waals surface area (Å²) in [6.07, 6.45) is -0.0491. The Labute approximate surface area is 174 Å². The first-order chi connectivity index (χ1) is 14.2. The van der Waals surface area contributed by atoms with Gasteiger partial charge in [-0.15, -0.1) is 5.10 Å². The van der Waals surface area contributed by atoms with E-state index in [9.17, 15) is 21.6 Å². The van der Waals surface area contributed by atoms with Crippen LogP contribution < -0.4 is 5.32 Å². The molecule has 0 aliphatic carbocycles. The van der Waals surface area contributed by atoms with Crippen LogP contribution in [0.5, 0.6) is 0 Å². The summed E-state index contributed by atoms with van der Waals surface area (Å²) in [6, 6.07) is 13.6. The molecule has 30 heavy (non-hydrogen) atoms. The van der Waals surface area contributed by atoms with Crippen LogP contribution in [0.25, 0.3) is 0 Å². The quantitative estimate of drug-likeness (QED) is 0.551. The fraction of sp³-hybridized carbons (Fsp3) is 0.211. The summed E-state index contributed by atoms with van der Waals surface area (Å²) in [7, 11) is -6.96. The third-order valence-corrected chi connectivity index (χ3v) is 7.52. The van der Waals surface area contributed by atoms with Gasteiger partial charge in [0.25, 0.3) is 0 Å². The van der Waals surface area contributed by atoms with Crippen LogP contribution in [0.3, 0.4) is 0 Å². The second-order valence-corrected chi connectivity index (χ2v) is 10.6. The second kappa shape index (κ2) is 8.76. The molecule has 0 bridgehead atoms. The van der Waals surface area contributed by atoms with E-state index >= 15 is 0 Å². The van der Waals surface area contributed by atoms with E-state index in [0.29, 0.717) is 5.56 Å². The smallest absolute Gasteiger partial charge is 0.322 e. The van der Waals surface area contributed by atoms with Crippen molar-refractivity contribution in [3.63, 3.8) is 0 Å². The van der Waals surface area contributed by atoms with Gasteiger partial charge in [0.2, 0.25) is 11.8 Å². The van der Waals surface area contributed by atoms with Gasteiger partial charge in [0.15, 0.2) is 19.7 Å². The zero-order chi connectivity index (χ0) is 21.8. The lowest BCUT2D eigenvalue weighted by Gasteiger charge is -2.04. The molecule has 0 radical (unpaired) electrons. The van der Waals surface area contributed by atoms with Crippen LogP contribution in [0.1, 0.15) is 18.4 Å². The van der Waals surface area contributed by atoms with Crippen LogP contribution in [0.4, 0.5) is 6.01 Å². The molecule has 1 N–H and O–H groups in total. The number of nitrogens with zero attached hydrogens (tertiary/aromatic N) is 2. The van der Waals surface area contributed by atoms with Crippen molar-refractivity contribution in [3.8, 4) is 0 Å². The molecule has 0 saturated carbocycles. The van der Waals surface area contributed by atoms with Crippen molar-refractivity contribution in [1.29, 1.82) is 0 Å². The highest BCUT2D eigenvalue weighted by Crippen LogP contribution is 2.17. The highest BCUT2D eigenvalue weighted by Gasteiger charge is 2.20. The molecule has 1 amide bonds. The molecule has 2 aromatic carbocycles. The average molecular weight is 450 g/mol. The van der Waals surface area contributed by atoms with Gasteiger partial charge in [-0.25, -0.2) is 16.8 Å². The predicted octanol–water partition coefficient (Wildman–Crippen LogP) is 2.02. The number of anilines is 1. The van der Waals surface area contributed by atoms with Gasteiger partial charge in [-0.3, -0.25) is 10.1 Å². The topological polar surface area (TPSA) is 136 Å². The van der Waals surface area contributed by atoms with Gasteiger partial charge in [-0.2, -0.15) is 0 Å². The molecule has 1 heterocycles. The van der Waals surface area contributed by atoms with Gasteiger partial charge >= 0.3 is 6.01 Å². The molecule has 0 unspecified atom stereocenters. The van der Waals surface area contributed by atoms with Crippen molar-refractivity contribution in [2.45, 2.75) is 28.9 Å². The second-order valence-electron chi connectivity index (χ2n) is 6.35. The molecule has 3 rings (SSSR count). The number of amides is 1. The van der Waals surface area contributed by atoms with Crippen LogP contribution >= 0.6 is 0 Å². The van der Waals surface area contributed by atoms with E-state index in [1.54, 1.807) is 37.3 Å². The Morgan fingerprint density at radius 3 is 2.17 bits per heavy atom. The summed E-state index contributed by atoms with van der Waals surface area (Å²) in [5.74, 6) is -1.12. The number of carbonyl (C=O) groups excluding carboxylic acids is 1. The SMILES string of the molecule is CCS(=O)(=O)c1ccc(CC(=O)Nc2nnc(CS(=O)(=O)c3ccccc3)o2)cc1. The fourth-order valence-electron chi connectivity index (χ4n) is 2.57. The van der Waals surface area contributed by atoms with Crippen LogP contribution in [-0.2, 0) is 36.6 Å². The molecular weight excluding hydrogens is 430 g/mol. The van der Waals surface area contributed by atoms with Crippen LogP contribution in [0, 0.1) is 0 Å². The largest absolute Gasteiger partial charge is 0.407 e. The minimum absolute atomic E-state index is 0.00762. The number of carbonyl (C=O) groups is 1. The van der Waals surface area contributed by atoms with Crippen molar-refractivity contribution in [2.75, 3.05) is 11.1 Å². The predicted molar refractivity (Wildman–Crippen MR) is 108 cm³/mol. The lowest BCUT2D eigenvalue weighted by atomic mass is 10.1. The molecule has 9 nitrogen and oxygen atoms in total. The van der Waals surface area contributed by atoms with Crippen molar-refractivity contribution >= 4 is 31.6 Å². The summed E-state index contributed by atoms with van der Waals surface area (Å²) < 4.78 is 53.5. The van der Waals surface area contributed by atoms with Gasteiger partial charge in [0.05, 0.1) is 22.0 Å². The van der Waals surface area contributed by atoms with Crippen LogP contribution in [0.15, 0.2) is 68.8 Å². The van der Waals surface area contributed by atoms with E-state index in [4.69, 9.17) is 4.42 Å². The summed E-state index contributed by atoms with van der Waals surface area (Å²) in [4.78, 5) is 12.5. The first kappa shape index (κ1) is 21.7. The number of hydrogen-bond donors (Lipinski definition) is 1. The normalized spacial score (nSPS) is 11.9. The van der Waals surface area contributed by atoms with Gasteiger partial charge in [0, 0.05) is 0 Å². The molecule has 3 aromatic rings. The molecule has 0 spiro atoms. The molecule has 11 heteroatoms. The maximum Gasteiger partial charge on any atom is 0.322 e. The summed E-state index contributed by atoms with van der Waals surface area (Å²) >= 11 is 0. The molecule has 0 atom stereocenters. The molecule has 1 aromatic heterocycles. The number of nitrogens with one attached hydrogen (secondary N) is 1. The molecular formula is C19H19N3O6S2. The molecule has 0 aliphatic rings. The van der Waals surface area contributed by atoms with Crippen molar-refractivity contribution in [1.82, 2.24) is 10.2 Å².